The van der Waals surface area contributed by atoms with Crippen LogP contribution in [0.4, 0.5) is 16.6 Å². The van der Waals surface area contributed by atoms with Crippen LogP contribution in [0, 0.1) is 10.1 Å². The van der Waals surface area contributed by atoms with Crippen molar-refractivity contribution in [2.24, 2.45) is 0 Å². The molecule has 1 aliphatic rings. The fourth-order valence-electron chi connectivity index (χ4n) is 2.40. The Bertz CT molecular complexity index is 719. The van der Waals surface area contributed by atoms with Crippen LogP contribution in [-0.4, -0.2) is 10.8 Å². The number of aryl methyl sites for hydroxylation is 1. The van der Waals surface area contributed by atoms with Crippen LogP contribution in [0.2, 0.25) is 0 Å². The Morgan fingerprint density at radius 1 is 1.38 bits per heavy atom. The number of furan rings is 1. The van der Waals surface area contributed by atoms with Gasteiger partial charge in [0, 0.05) is 4.88 Å². The average molecular weight is 307 g/mol. The number of amides is 1. The Labute approximate surface area is 123 Å². The van der Waals surface area contributed by atoms with Crippen molar-refractivity contribution in [3.63, 3.8) is 0 Å². The number of carbonyl (C=O) groups is 1. The summed E-state index contributed by atoms with van der Waals surface area (Å²) in [5, 5.41) is 13.8. The molecule has 0 atom stereocenters. The largest absolute Gasteiger partial charge is 0.433 e. The normalized spacial score (nSPS) is 13.7. The van der Waals surface area contributed by atoms with E-state index in [9.17, 15) is 14.9 Å². The number of rotatable bonds is 3. The van der Waals surface area contributed by atoms with Gasteiger partial charge in [-0.25, -0.2) is 0 Å². The van der Waals surface area contributed by atoms with Crippen molar-refractivity contribution in [3.8, 4) is 0 Å². The standard InChI is InChI=1S/C13H13N3O4S/c14-11-7-3-1-2-4-9(7)21-13(11)15-12(17)8-5-6-10(20-8)16(18)19/h5-6H,1-4,14H2,(H,15,17). The summed E-state index contributed by atoms with van der Waals surface area (Å²) in [6.07, 6.45) is 4.14. The maximum Gasteiger partial charge on any atom is 0.433 e. The van der Waals surface area contributed by atoms with Gasteiger partial charge in [-0.3, -0.25) is 14.9 Å². The van der Waals surface area contributed by atoms with Gasteiger partial charge in [-0.1, -0.05) is 0 Å². The van der Waals surface area contributed by atoms with Gasteiger partial charge in [0.05, 0.1) is 11.8 Å². The first-order chi connectivity index (χ1) is 10.1. The SMILES string of the molecule is Nc1c(NC(=O)c2ccc([N+](=O)[O-])o2)sc2c1CCCC2. The van der Waals surface area contributed by atoms with Gasteiger partial charge in [-0.05, 0) is 37.3 Å². The van der Waals surface area contributed by atoms with E-state index in [1.807, 2.05) is 0 Å². The van der Waals surface area contributed by atoms with Crippen molar-refractivity contribution in [2.45, 2.75) is 25.7 Å². The van der Waals surface area contributed by atoms with E-state index in [0.717, 1.165) is 37.3 Å². The molecule has 1 amide bonds. The molecule has 0 fully saturated rings. The van der Waals surface area contributed by atoms with E-state index in [1.165, 1.54) is 22.3 Å². The number of nitro groups is 1. The van der Waals surface area contributed by atoms with Crippen LogP contribution in [-0.2, 0) is 12.8 Å². The second kappa shape index (κ2) is 5.21. The lowest BCUT2D eigenvalue weighted by atomic mass is 9.98. The van der Waals surface area contributed by atoms with E-state index in [4.69, 9.17) is 10.2 Å². The molecule has 2 aromatic heterocycles. The highest BCUT2D eigenvalue weighted by Crippen LogP contribution is 2.40. The summed E-state index contributed by atoms with van der Waals surface area (Å²) < 4.78 is 4.87. The maximum atomic E-state index is 12.0. The summed E-state index contributed by atoms with van der Waals surface area (Å²) in [7, 11) is 0. The van der Waals surface area contributed by atoms with Crippen LogP contribution >= 0.6 is 11.3 Å². The maximum absolute atomic E-state index is 12.0. The lowest BCUT2D eigenvalue weighted by Gasteiger charge is -2.10. The van der Waals surface area contributed by atoms with E-state index in [0.29, 0.717) is 10.7 Å². The smallest absolute Gasteiger partial charge is 0.396 e. The molecular weight excluding hydrogens is 294 g/mol. The summed E-state index contributed by atoms with van der Waals surface area (Å²) >= 11 is 1.47. The molecule has 3 rings (SSSR count). The molecule has 0 aliphatic heterocycles. The molecule has 0 radical (unpaired) electrons. The van der Waals surface area contributed by atoms with Gasteiger partial charge in [0.25, 0.3) is 5.91 Å². The first-order valence-corrected chi connectivity index (χ1v) is 7.33. The van der Waals surface area contributed by atoms with Gasteiger partial charge in [0.15, 0.2) is 5.76 Å². The Hall–Kier alpha value is -2.35. The summed E-state index contributed by atoms with van der Waals surface area (Å²) in [6.45, 7) is 0. The lowest BCUT2D eigenvalue weighted by Crippen LogP contribution is -2.11. The van der Waals surface area contributed by atoms with Crippen LogP contribution in [0.1, 0.15) is 33.8 Å². The van der Waals surface area contributed by atoms with Crippen LogP contribution < -0.4 is 11.1 Å². The molecule has 0 saturated heterocycles. The molecule has 0 spiro atoms. The Balaban J connectivity index is 1.81. The summed E-state index contributed by atoms with van der Waals surface area (Å²) in [4.78, 5) is 23.1. The zero-order valence-electron chi connectivity index (χ0n) is 11.0. The average Bonchev–Trinajstić information content (AvgIpc) is 3.06. The molecule has 8 heteroatoms. The number of nitrogen functional groups attached to an aromatic ring is 1. The minimum atomic E-state index is -0.686. The molecule has 0 saturated carbocycles. The molecule has 3 N–H and O–H groups in total. The van der Waals surface area contributed by atoms with Gasteiger partial charge < -0.3 is 15.5 Å². The molecule has 110 valence electrons. The van der Waals surface area contributed by atoms with E-state index in [-0.39, 0.29) is 5.76 Å². The molecular formula is C13H13N3O4S. The molecule has 0 aromatic carbocycles. The Morgan fingerprint density at radius 2 is 2.14 bits per heavy atom. The van der Waals surface area contributed by atoms with Crippen molar-refractivity contribution >= 4 is 33.8 Å². The monoisotopic (exact) mass is 307 g/mol. The molecule has 21 heavy (non-hydrogen) atoms. The van der Waals surface area contributed by atoms with Crippen LogP contribution in [0.15, 0.2) is 16.5 Å². The van der Waals surface area contributed by atoms with Crippen molar-refractivity contribution in [1.82, 2.24) is 0 Å². The van der Waals surface area contributed by atoms with E-state index < -0.39 is 16.7 Å². The molecule has 1 aliphatic carbocycles. The van der Waals surface area contributed by atoms with Crippen molar-refractivity contribution in [2.75, 3.05) is 11.1 Å². The number of hydrogen-bond donors (Lipinski definition) is 2. The second-order valence-corrected chi connectivity index (χ2v) is 5.91. The third kappa shape index (κ3) is 2.49. The van der Waals surface area contributed by atoms with E-state index >= 15 is 0 Å². The quantitative estimate of drug-likeness (QED) is 0.668. The highest BCUT2D eigenvalue weighted by atomic mass is 32.1. The predicted octanol–water partition coefficient (Wildman–Crippen LogP) is 2.96. The van der Waals surface area contributed by atoms with Crippen LogP contribution in [0.25, 0.3) is 0 Å². The number of carbonyl (C=O) groups excluding carboxylic acids is 1. The number of nitrogens with one attached hydrogen (secondary N) is 1. The van der Waals surface area contributed by atoms with Gasteiger partial charge in [0.2, 0.25) is 0 Å². The second-order valence-electron chi connectivity index (χ2n) is 4.80. The number of hydrogen-bond acceptors (Lipinski definition) is 6. The van der Waals surface area contributed by atoms with Crippen molar-refractivity contribution < 1.29 is 14.1 Å². The summed E-state index contributed by atoms with van der Waals surface area (Å²) in [5.41, 5.74) is 7.78. The first kappa shape index (κ1) is 13.6. The van der Waals surface area contributed by atoms with Gasteiger partial charge >= 0.3 is 5.88 Å². The van der Waals surface area contributed by atoms with E-state index in [1.54, 1.807) is 0 Å². The van der Waals surface area contributed by atoms with Gasteiger partial charge in [-0.15, -0.1) is 11.3 Å². The van der Waals surface area contributed by atoms with Crippen LogP contribution in [0.5, 0.6) is 0 Å². The highest BCUT2D eigenvalue weighted by molar-refractivity contribution is 7.17. The number of nitrogens with zero attached hydrogens (tertiary/aromatic N) is 1. The van der Waals surface area contributed by atoms with Gasteiger partial charge in [0.1, 0.15) is 9.92 Å². The Morgan fingerprint density at radius 3 is 2.81 bits per heavy atom. The predicted molar refractivity (Wildman–Crippen MR) is 78.7 cm³/mol. The third-order valence-electron chi connectivity index (χ3n) is 3.43. The highest BCUT2D eigenvalue weighted by Gasteiger charge is 2.22. The lowest BCUT2D eigenvalue weighted by molar-refractivity contribution is -0.402. The third-order valence-corrected chi connectivity index (χ3v) is 4.66. The summed E-state index contributed by atoms with van der Waals surface area (Å²) in [6, 6.07) is 2.43. The molecule has 7 nitrogen and oxygen atoms in total. The zero-order valence-corrected chi connectivity index (χ0v) is 11.9. The first-order valence-electron chi connectivity index (χ1n) is 6.52. The zero-order chi connectivity index (χ0) is 15.0. The number of thiophene rings is 1. The molecule has 0 unspecified atom stereocenters. The van der Waals surface area contributed by atoms with Crippen molar-refractivity contribution in [3.05, 3.63) is 38.4 Å². The van der Waals surface area contributed by atoms with Crippen LogP contribution in [0.3, 0.4) is 0 Å². The minimum Gasteiger partial charge on any atom is -0.396 e. The molecule has 2 aromatic rings. The van der Waals surface area contributed by atoms with Gasteiger partial charge in [-0.2, -0.15) is 0 Å². The molecule has 0 bridgehead atoms. The number of anilines is 2. The summed E-state index contributed by atoms with van der Waals surface area (Å²) in [5.74, 6) is -1.10. The van der Waals surface area contributed by atoms with Crippen molar-refractivity contribution in [1.29, 1.82) is 0 Å². The topological polar surface area (TPSA) is 111 Å². The number of nitrogens with two attached hydrogens (primary N) is 1. The molecule has 2 heterocycles. The number of fused-ring (bicyclic) bond motifs is 1. The minimum absolute atomic E-state index is 0.104. The fourth-order valence-corrected chi connectivity index (χ4v) is 3.60. The van der Waals surface area contributed by atoms with E-state index in [2.05, 4.69) is 5.32 Å². The fraction of sp³-hybridized carbons (Fsp3) is 0.308. The Kier molecular flexibility index (Phi) is 3.38.